The first-order valence-electron chi connectivity index (χ1n) is 5.47. The lowest BCUT2D eigenvalue weighted by Crippen LogP contribution is -2.39. The van der Waals surface area contributed by atoms with Crippen LogP contribution in [0.2, 0.25) is 0 Å². The fourth-order valence-electron chi connectivity index (χ4n) is 1.95. The van der Waals surface area contributed by atoms with Crippen molar-refractivity contribution in [3.05, 3.63) is 29.8 Å². The second-order valence-electron chi connectivity index (χ2n) is 4.01. The quantitative estimate of drug-likeness (QED) is 0.454. The third-order valence-electron chi connectivity index (χ3n) is 3.03. The van der Waals surface area contributed by atoms with E-state index in [4.69, 9.17) is 10.6 Å². The number of carbonyl (C=O) groups is 1. The van der Waals surface area contributed by atoms with Crippen LogP contribution >= 0.6 is 0 Å². The number of rotatable bonds is 4. The Balaban J connectivity index is 2.19. The largest absolute Gasteiger partial charge is 0.494 e. The van der Waals surface area contributed by atoms with Gasteiger partial charge in [-0.2, -0.15) is 0 Å². The first kappa shape index (κ1) is 11.0. The molecule has 1 aromatic rings. The maximum absolute atomic E-state index is 11.6. The van der Waals surface area contributed by atoms with E-state index in [9.17, 15) is 4.79 Å². The summed E-state index contributed by atoms with van der Waals surface area (Å²) < 4.78 is 5.36. The maximum atomic E-state index is 11.6. The number of amides is 1. The van der Waals surface area contributed by atoms with Gasteiger partial charge in [0.2, 0.25) is 5.91 Å². The lowest BCUT2D eigenvalue weighted by atomic mass is 9.95. The monoisotopic (exact) mass is 220 g/mol. The van der Waals surface area contributed by atoms with Crippen molar-refractivity contribution in [2.75, 3.05) is 6.61 Å². The first-order chi connectivity index (χ1) is 7.73. The van der Waals surface area contributed by atoms with Crippen molar-refractivity contribution in [2.24, 2.45) is 5.84 Å². The molecule has 0 heterocycles. The van der Waals surface area contributed by atoms with E-state index in [1.165, 1.54) is 0 Å². The molecule has 0 atom stereocenters. The van der Waals surface area contributed by atoms with Crippen LogP contribution in [0.4, 0.5) is 0 Å². The SMILES string of the molecule is CCOc1ccc(C2(C(=O)NN)CC2)cc1. The minimum Gasteiger partial charge on any atom is -0.494 e. The number of benzene rings is 1. The van der Waals surface area contributed by atoms with Crippen molar-refractivity contribution in [2.45, 2.75) is 25.2 Å². The fraction of sp³-hybridized carbons (Fsp3) is 0.417. The Labute approximate surface area is 94.8 Å². The summed E-state index contributed by atoms with van der Waals surface area (Å²) in [6.45, 7) is 2.59. The molecule has 0 spiro atoms. The number of nitrogens with two attached hydrogens (primary N) is 1. The minimum atomic E-state index is -0.389. The molecule has 4 heteroatoms. The average Bonchev–Trinajstić information content (AvgIpc) is 3.11. The molecule has 4 nitrogen and oxygen atoms in total. The number of ether oxygens (including phenoxy) is 1. The van der Waals surface area contributed by atoms with E-state index in [-0.39, 0.29) is 11.3 Å². The highest BCUT2D eigenvalue weighted by Crippen LogP contribution is 2.48. The molecular formula is C12H16N2O2. The molecule has 1 fully saturated rings. The molecule has 3 N–H and O–H groups in total. The van der Waals surface area contributed by atoms with Crippen LogP contribution in [-0.2, 0) is 10.2 Å². The second kappa shape index (κ2) is 4.14. The van der Waals surface area contributed by atoms with E-state index < -0.39 is 0 Å². The Morgan fingerprint density at radius 2 is 2.06 bits per heavy atom. The third-order valence-corrected chi connectivity index (χ3v) is 3.03. The van der Waals surface area contributed by atoms with Crippen LogP contribution in [0.1, 0.15) is 25.3 Å². The summed E-state index contributed by atoms with van der Waals surface area (Å²) in [5.41, 5.74) is 2.86. The van der Waals surface area contributed by atoms with Gasteiger partial charge in [0, 0.05) is 0 Å². The molecule has 86 valence electrons. The van der Waals surface area contributed by atoms with Crippen LogP contribution in [0.25, 0.3) is 0 Å². The van der Waals surface area contributed by atoms with Gasteiger partial charge >= 0.3 is 0 Å². The molecule has 1 saturated carbocycles. The van der Waals surface area contributed by atoms with E-state index >= 15 is 0 Å². The predicted octanol–water partition coefficient (Wildman–Crippen LogP) is 1.11. The van der Waals surface area contributed by atoms with Gasteiger partial charge in [-0.25, -0.2) is 5.84 Å². The number of hydrogen-bond donors (Lipinski definition) is 2. The zero-order valence-corrected chi connectivity index (χ0v) is 9.32. The highest BCUT2D eigenvalue weighted by Gasteiger charge is 2.50. The molecule has 0 aliphatic heterocycles. The number of nitrogens with one attached hydrogen (secondary N) is 1. The van der Waals surface area contributed by atoms with E-state index in [0.717, 1.165) is 24.2 Å². The van der Waals surface area contributed by atoms with Gasteiger partial charge in [0.25, 0.3) is 0 Å². The van der Waals surface area contributed by atoms with E-state index in [1.807, 2.05) is 31.2 Å². The van der Waals surface area contributed by atoms with Crippen molar-refractivity contribution in [3.63, 3.8) is 0 Å². The Bertz CT molecular complexity index is 383. The van der Waals surface area contributed by atoms with E-state index in [1.54, 1.807) is 0 Å². The maximum Gasteiger partial charge on any atom is 0.244 e. The molecule has 0 unspecified atom stereocenters. The number of carbonyl (C=O) groups excluding carboxylic acids is 1. The Morgan fingerprint density at radius 1 is 1.44 bits per heavy atom. The molecule has 1 aliphatic rings. The topological polar surface area (TPSA) is 64.3 Å². The third kappa shape index (κ3) is 1.76. The van der Waals surface area contributed by atoms with Crippen LogP contribution in [0, 0.1) is 0 Å². The van der Waals surface area contributed by atoms with Crippen LogP contribution in [-0.4, -0.2) is 12.5 Å². The highest BCUT2D eigenvalue weighted by atomic mass is 16.5. The molecule has 16 heavy (non-hydrogen) atoms. The molecule has 1 aromatic carbocycles. The van der Waals surface area contributed by atoms with Gasteiger partial charge in [-0.05, 0) is 37.5 Å². The molecule has 0 aromatic heterocycles. The van der Waals surface area contributed by atoms with Gasteiger partial charge in [-0.15, -0.1) is 0 Å². The summed E-state index contributed by atoms with van der Waals surface area (Å²) in [4.78, 5) is 11.6. The summed E-state index contributed by atoms with van der Waals surface area (Å²) >= 11 is 0. The normalized spacial score (nSPS) is 16.6. The molecule has 0 radical (unpaired) electrons. The first-order valence-corrected chi connectivity index (χ1v) is 5.47. The van der Waals surface area contributed by atoms with Crippen molar-refractivity contribution in [1.29, 1.82) is 0 Å². The predicted molar refractivity (Wildman–Crippen MR) is 60.9 cm³/mol. The molecule has 0 saturated heterocycles. The van der Waals surface area contributed by atoms with Crippen LogP contribution in [0.3, 0.4) is 0 Å². The molecule has 1 aliphatic carbocycles. The standard InChI is InChI=1S/C12H16N2O2/c1-2-16-10-5-3-9(4-6-10)12(7-8-12)11(15)14-13/h3-6H,2,7-8,13H2,1H3,(H,14,15). The van der Waals surface area contributed by atoms with Crippen molar-refractivity contribution in [3.8, 4) is 5.75 Å². The van der Waals surface area contributed by atoms with Crippen LogP contribution < -0.4 is 16.0 Å². The van der Waals surface area contributed by atoms with Gasteiger partial charge in [0.15, 0.2) is 0 Å². The summed E-state index contributed by atoms with van der Waals surface area (Å²) in [6.07, 6.45) is 1.73. The van der Waals surface area contributed by atoms with Crippen molar-refractivity contribution >= 4 is 5.91 Å². The smallest absolute Gasteiger partial charge is 0.244 e. The van der Waals surface area contributed by atoms with Crippen molar-refractivity contribution < 1.29 is 9.53 Å². The Morgan fingerprint density at radius 3 is 2.50 bits per heavy atom. The zero-order chi connectivity index (χ0) is 11.6. The zero-order valence-electron chi connectivity index (χ0n) is 9.32. The summed E-state index contributed by atoms with van der Waals surface area (Å²) in [5, 5.41) is 0. The minimum absolute atomic E-state index is 0.100. The molecule has 0 bridgehead atoms. The van der Waals surface area contributed by atoms with Gasteiger partial charge in [0.05, 0.1) is 12.0 Å². The summed E-state index contributed by atoms with van der Waals surface area (Å²) in [7, 11) is 0. The fourth-order valence-corrected chi connectivity index (χ4v) is 1.95. The number of hydrogen-bond acceptors (Lipinski definition) is 3. The van der Waals surface area contributed by atoms with Crippen molar-refractivity contribution in [1.82, 2.24) is 5.43 Å². The van der Waals surface area contributed by atoms with E-state index in [0.29, 0.717) is 6.61 Å². The van der Waals surface area contributed by atoms with Gasteiger partial charge < -0.3 is 4.74 Å². The highest BCUT2D eigenvalue weighted by molar-refractivity contribution is 5.90. The van der Waals surface area contributed by atoms with E-state index in [2.05, 4.69) is 5.43 Å². The Kier molecular flexibility index (Phi) is 2.83. The molecule has 1 amide bonds. The van der Waals surface area contributed by atoms with Gasteiger partial charge in [-0.3, -0.25) is 10.2 Å². The lowest BCUT2D eigenvalue weighted by Gasteiger charge is -2.14. The van der Waals surface area contributed by atoms with Crippen LogP contribution in [0.5, 0.6) is 5.75 Å². The second-order valence-corrected chi connectivity index (χ2v) is 4.01. The lowest BCUT2D eigenvalue weighted by molar-refractivity contribution is -0.123. The molecule has 2 rings (SSSR count). The number of hydrazine groups is 1. The van der Waals surface area contributed by atoms with Gasteiger partial charge in [-0.1, -0.05) is 12.1 Å². The summed E-state index contributed by atoms with van der Waals surface area (Å²) in [5.74, 6) is 5.92. The van der Waals surface area contributed by atoms with Crippen LogP contribution in [0.15, 0.2) is 24.3 Å². The Hall–Kier alpha value is -1.55. The summed E-state index contributed by atoms with van der Waals surface area (Å²) in [6, 6.07) is 7.66. The molecular weight excluding hydrogens is 204 g/mol. The average molecular weight is 220 g/mol. The van der Waals surface area contributed by atoms with Gasteiger partial charge in [0.1, 0.15) is 5.75 Å².